The van der Waals surface area contributed by atoms with Crippen molar-refractivity contribution in [2.75, 3.05) is 31.4 Å². The molecule has 0 fully saturated rings. The predicted molar refractivity (Wildman–Crippen MR) is 92.9 cm³/mol. The highest BCUT2D eigenvalue weighted by Crippen LogP contribution is 2.30. The minimum Gasteiger partial charge on any atom is -0.497 e. The van der Waals surface area contributed by atoms with Crippen molar-refractivity contribution in [1.29, 1.82) is 0 Å². The molecule has 0 aliphatic rings. The molecule has 1 aromatic heterocycles. The van der Waals surface area contributed by atoms with Crippen molar-refractivity contribution in [2.24, 2.45) is 5.92 Å². The van der Waals surface area contributed by atoms with Gasteiger partial charge in [0.1, 0.15) is 17.3 Å². The number of nitrogens with one attached hydrogen (secondary N) is 2. The van der Waals surface area contributed by atoms with Crippen LogP contribution in [0.3, 0.4) is 0 Å². The minimum atomic E-state index is 0.528. The normalized spacial score (nSPS) is 10.5. The summed E-state index contributed by atoms with van der Waals surface area (Å²) in [5.74, 6) is 3.28. The van der Waals surface area contributed by atoms with Gasteiger partial charge in [0.05, 0.1) is 19.9 Å². The summed E-state index contributed by atoms with van der Waals surface area (Å²) in [6.07, 6.45) is 0. The van der Waals surface area contributed by atoms with E-state index in [0.29, 0.717) is 17.6 Å². The van der Waals surface area contributed by atoms with Gasteiger partial charge in [-0.2, -0.15) is 4.98 Å². The van der Waals surface area contributed by atoms with Crippen molar-refractivity contribution in [3.8, 4) is 11.5 Å². The lowest BCUT2D eigenvalue weighted by atomic mass is 10.2. The lowest BCUT2D eigenvalue weighted by Gasteiger charge is -2.13. The highest BCUT2D eigenvalue weighted by molar-refractivity contribution is 5.65. The van der Waals surface area contributed by atoms with E-state index in [0.717, 1.165) is 29.5 Å². The summed E-state index contributed by atoms with van der Waals surface area (Å²) < 4.78 is 10.6. The van der Waals surface area contributed by atoms with Gasteiger partial charge in [-0.1, -0.05) is 13.8 Å². The largest absolute Gasteiger partial charge is 0.497 e. The van der Waals surface area contributed by atoms with E-state index in [1.165, 1.54) is 0 Å². The van der Waals surface area contributed by atoms with E-state index in [1.54, 1.807) is 14.2 Å². The monoisotopic (exact) mass is 316 g/mol. The topological polar surface area (TPSA) is 68.3 Å². The van der Waals surface area contributed by atoms with Crippen molar-refractivity contribution in [1.82, 2.24) is 9.97 Å². The van der Waals surface area contributed by atoms with Crippen LogP contribution in [-0.4, -0.2) is 30.7 Å². The van der Waals surface area contributed by atoms with Gasteiger partial charge < -0.3 is 20.1 Å². The van der Waals surface area contributed by atoms with E-state index in [1.807, 2.05) is 31.2 Å². The van der Waals surface area contributed by atoms with E-state index >= 15 is 0 Å². The SMILES string of the molecule is COc1ccc(Nc2nc(C)cc(NCC(C)C)n2)c(OC)c1. The van der Waals surface area contributed by atoms with E-state index in [4.69, 9.17) is 9.47 Å². The van der Waals surface area contributed by atoms with Crippen LogP contribution in [-0.2, 0) is 0 Å². The molecule has 2 N–H and O–H groups in total. The van der Waals surface area contributed by atoms with Crippen molar-refractivity contribution in [2.45, 2.75) is 20.8 Å². The first-order valence-electron chi connectivity index (χ1n) is 7.60. The number of benzene rings is 1. The molecule has 0 amide bonds. The third-order valence-electron chi connectivity index (χ3n) is 3.20. The lowest BCUT2D eigenvalue weighted by molar-refractivity contribution is 0.395. The fraction of sp³-hybridized carbons (Fsp3) is 0.412. The molecule has 0 spiro atoms. The quantitative estimate of drug-likeness (QED) is 0.813. The summed E-state index contributed by atoms with van der Waals surface area (Å²) in [5, 5.41) is 6.52. The molecule has 0 saturated heterocycles. The molecule has 2 aromatic rings. The number of methoxy groups -OCH3 is 2. The molecule has 0 aliphatic heterocycles. The second kappa shape index (κ2) is 7.67. The van der Waals surface area contributed by atoms with Crippen molar-refractivity contribution < 1.29 is 9.47 Å². The zero-order valence-electron chi connectivity index (χ0n) is 14.3. The zero-order valence-corrected chi connectivity index (χ0v) is 14.3. The molecule has 6 nitrogen and oxygen atoms in total. The fourth-order valence-electron chi connectivity index (χ4n) is 2.05. The van der Waals surface area contributed by atoms with Crippen molar-refractivity contribution in [3.05, 3.63) is 30.0 Å². The summed E-state index contributed by atoms with van der Waals surface area (Å²) in [7, 11) is 3.24. The summed E-state index contributed by atoms with van der Waals surface area (Å²) >= 11 is 0. The van der Waals surface area contributed by atoms with Crippen LogP contribution in [0, 0.1) is 12.8 Å². The fourth-order valence-corrected chi connectivity index (χ4v) is 2.05. The van der Waals surface area contributed by atoms with Gasteiger partial charge in [-0.05, 0) is 25.0 Å². The summed E-state index contributed by atoms with van der Waals surface area (Å²) in [6.45, 7) is 7.12. The molecule has 2 rings (SSSR count). The third kappa shape index (κ3) is 4.74. The van der Waals surface area contributed by atoms with Gasteiger partial charge in [0, 0.05) is 24.4 Å². The summed E-state index contributed by atoms with van der Waals surface area (Å²) in [5.41, 5.74) is 1.68. The number of aromatic nitrogens is 2. The second-order valence-electron chi connectivity index (χ2n) is 5.68. The molecule has 0 unspecified atom stereocenters. The number of aryl methyl sites for hydroxylation is 1. The maximum absolute atomic E-state index is 5.39. The molecule has 0 aliphatic carbocycles. The molecule has 23 heavy (non-hydrogen) atoms. The van der Waals surface area contributed by atoms with Crippen LogP contribution in [0.2, 0.25) is 0 Å². The molecule has 0 atom stereocenters. The van der Waals surface area contributed by atoms with Crippen LogP contribution in [0.5, 0.6) is 11.5 Å². The highest BCUT2D eigenvalue weighted by Gasteiger charge is 2.08. The number of hydrogen-bond donors (Lipinski definition) is 2. The van der Waals surface area contributed by atoms with Crippen LogP contribution >= 0.6 is 0 Å². The zero-order chi connectivity index (χ0) is 16.8. The van der Waals surface area contributed by atoms with Gasteiger partial charge in [0.2, 0.25) is 5.95 Å². The number of anilines is 3. The standard InChI is InChI=1S/C17H24N4O2/c1-11(2)10-18-16-8-12(3)19-17(21-16)20-14-7-6-13(22-4)9-15(14)23-5/h6-9,11H,10H2,1-5H3,(H2,18,19,20,21). The van der Waals surface area contributed by atoms with Crippen LogP contribution in [0.1, 0.15) is 19.5 Å². The Bertz CT molecular complexity index is 659. The number of hydrogen-bond acceptors (Lipinski definition) is 6. The average Bonchev–Trinajstić information content (AvgIpc) is 2.52. The molecular weight excluding hydrogens is 292 g/mol. The van der Waals surface area contributed by atoms with E-state index in [2.05, 4.69) is 34.4 Å². The Labute approximate surface area is 137 Å². The molecule has 0 radical (unpaired) electrons. The number of rotatable bonds is 7. The Morgan fingerprint density at radius 1 is 1.09 bits per heavy atom. The predicted octanol–water partition coefficient (Wildman–Crippen LogP) is 3.61. The number of nitrogens with zero attached hydrogens (tertiary/aromatic N) is 2. The van der Waals surface area contributed by atoms with E-state index < -0.39 is 0 Å². The first kappa shape index (κ1) is 16.9. The second-order valence-corrected chi connectivity index (χ2v) is 5.68. The Morgan fingerprint density at radius 3 is 2.52 bits per heavy atom. The maximum atomic E-state index is 5.39. The van der Waals surface area contributed by atoms with Crippen LogP contribution in [0.4, 0.5) is 17.5 Å². The molecule has 124 valence electrons. The first-order chi connectivity index (χ1) is 11.0. The Balaban J connectivity index is 2.22. The maximum Gasteiger partial charge on any atom is 0.229 e. The van der Waals surface area contributed by atoms with Crippen LogP contribution < -0.4 is 20.1 Å². The molecule has 6 heteroatoms. The van der Waals surface area contributed by atoms with Gasteiger partial charge in [0.25, 0.3) is 0 Å². The Kier molecular flexibility index (Phi) is 5.62. The first-order valence-corrected chi connectivity index (χ1v) is 7.60. The Hall–Kier alpha value is -2.50. The summed E-state index contributed by atoms with van der Waals surface area (Å²) in [4.78, 5) is 8.92. The molecule has 0 bridgehead atoms. The van der Waals surface area contributed by atoms with Gasteiger partial charge >= 0.3 is 0 Å². The van der Waals surface area contributed by atoms with Gasteiger partial charge in [-0.15, -0.1) is 0 Å². The molecule has 1 aromatic carbocycles. The summed E-state index contributed by atoms with van der Waals surface area (Å²) in [6, 6.07) is 7.48. The Morgan fingerprint density at radius 2 is 1.87 bits per heavy atom. The smallest absolute Gasteiger partial charge is 0.229 e. The van der Waals surface area contributed by atoms with Crippen LogP contribution in [0.25, 0.3) is 0 Å². The highest BCUT2D eigenvalue weighted by atomic mass is 16.5. The average molecular weight is 316 g/mol. The number of ether oxygens (including phenoxy) is 2. The lowest BCUT2D eigenvalue weighted by Crippen LogP contribution is -2.11. The van der Waals surface area contributed by atoms with Gasteiger partial charge in [-0.3, -0.25) is 0 Å². The third-order valence-corrected chi connectivity index (χ3v) is 3.20. The molecule has 1 heterocycles. The van der Waals surface area contributed by atoms with Gasteiger partial charge in [-0.25, -0.2) is 4.98 Å². The molecular formula is C17H24N4O2. The minimum absolute atomic E-state index is 0.528. The van der Waals surface area contributed by atoms with E-state index in [9.17, 15) is 0 Å². The van der Waals surface area contributed by atoms with E-state index in [-0.39, 0.29) is 0 Å². The van der Waals surface area contributed by atoms with Crippen LogP contribution in [0.15, 0.2) is 24.3 Å². The molecule has 0 saturated carbocycles. The van der Waals surface area contributed by atoms with Gasteiger partial charge in [0.15, 0.2) is 0 Å². The van der Waals surface area contributed by atoms with Crippen molar-refractivity contribution in [3.63, 3.8) is 0 Å². The van der Waals surface area contributed by atoms with Crippen molar-refractivity contribution >= 4 is 17.5 Å².